The molecular weight excluding hydrogens is 414 g/mol. The molecule has 0 unspecified atom stereocenters. The van der Waals surface area contributed by atoms with Gasteiger partial charge in [-0.15, -0.1) is 0 Å². The van der Waals surface area contributed by atoms with E-state index in [2.05, 4.69) is 54.9 Å². The maximum absolute atomic E-state index is 13.2. The van der Waals surface area contributed by atoms with Crippen LogP contribution in [-0.4, -0.2) is 33.4 Å². The number of aryl methyl sites for hydroxylation is 1. The van der Waals surface area contributed by atoms with E-state index in [0.717, 1.165) is 54.7 Å². The second-order valence-corrected chi connectivity index (χ2v) is 10.2. The van der Waals surface area contributed by atoms with Crippen molar-refractivity contribution in [1.29, 1.82) is 0 Å². The van der Waals surface area contributed by atoms with Crippen molar-refractivity contribution in [2.24, 2.45) is 0 Å². The summed E-state index contributed by atoms with van der Waals surface area (Å²) < 4.78 is 2.12. The Kier molecular flexibility index (Phi) is 6.04. The molecule has 1 aliphatic carbocycles. The monoisotopic (exact) mass is 447 g/mol. The summed E-state index contributed by atoms with van der Waals surface area (Å²) in [5.74, 6) is -1.12. The number of nitrogens with one attached hydrogen (secondary N) is 1. The number of barbiturate groups is 1. The third-order valence-corrected chi connectivity index (χ3v) is 6.83. The molecule has 1 N–H and O–H groups in total. The molecule has 1 saturated heterocycles. The topological polar surface area (TPSA) is 71.4 Å². The summed E-state index contributed by atoms with van der Waals surface area (Å²) in [6.45, 7) is 10.5. The van der Waals surface area contributed by atoms with Gasteiger partial charge in [-0.05, 0) is 67.5 Å². The van der Waals surface area contributed by atoms with Crippen LogP contribution in [0.2, 0.25) is 0 Å². The highest BCUT2D eigenvalue weighted by molar-refractivity contribution is 6.31. The lowest BCUT2D eigenvalue weighted by molar-refractivity contribution is -0.132. The van der Waals surface area contributed by atoms with Crippen LogP contribution in [-0.2, 0) is 15.0 Å². The summed E-state index contributed by atoms with van der Waals surface area (Å²) in [6.07, 6.45) is 6.31. The molecule has 1 aliphatic heterocycles. The Balaban J connectivity index is 1.68. The first-order chi connectivity index (χ1) is 15.6. The molecule has 0 radical (unpaired) electrons. The molecule has 2 aromatic rings. The first-order valence-electron chi connectivity index (χ1n) is 11.8. The number of aromatic nitrogens is 1. The second-order valence-electron chi connectivity index (χ2n) is 10.2. The molecule has 6 heteroatoms. The number of rotatable bonds is 3. The highest BCUT2D eigenvalue weighted by Gasteiger charge is 2.40. The smallest absolute Gasteiger partial charge is 0.318 e. The number of imide groups is 2. The normalized spacial score (nSPS) is 19.4. The van der Waals surface area contributed by atoms with Crippen LogP contribution in [0.25, 0.3) is 11.8 Å². The zero-order chi connectivity index (χ0) is 23.9. The van der Waals surface area contributed by atoms with Gasteiger partial charge in [0.1, 0.15) is 5.57 Å². The van der Waals surface area contributed by atoms with Crippen molar-refractivity contribution >= 4 is 23.9 Å². The van der Waals surface area contributed by atoms with Crippen LogP contribution in [0.1, 0.15) is 75.4 Å². The Hall–Kier alpha value is -3.15. The second kappa shape index (κ2) is 8.65. The van der Waals surface area contributed by atoms with Gasteiger partial charge in [-0.2, -0.15) is 0 Å². The van der Waals surface area contributed by atoms with E-state index in [1.54, 1.807) is 6.08 Å². The fraction of sp³-hybridized carbons (Fsp3) is 0.444. The number of hydrogen-bond acceptors (Lipinski definition) is 3. The quantitative estimate of drug-likeness (QED) is 0.520. The van der Waals surface area contributed by atoms with Gasteiger partial charge in [-0.3, -0.25) is 19.8 Å². The summed E-state index contributed by atoms with van der Waals surface area (Å²) in [6, 6.07) is 9.70. The zero-order valence-corrected chi connectivity index (χ0v) is 20.2. The fourth-order valence-electron chi connectivity index (χ4n) is 4.94. The van der Waals surface area contributed by atoms with E-state index in [9.17, 15) is 14.4 Å². The molecule has 0 bridgehead atoms. The lowest BCUT2D eigenvalue weighted by Crippen LogP contribution is -2.58. The lowest BCUT2D eigenvalue weighted by Gasteiger charge is -2.35. The van der Waals surface area contributed by atoms with E-state index >= 15 is 0 Å². The number of benzene rings is 1. The standard InChI is InChI=1S/C27H33N3O3/c1-17-15-19(18(2)29(17)22-13-11-20(12-14-22)27(3,4)5)16-23-24(31)28-26(33)30(25(23)32)21-9-7-6-8-10-21/h11-16,21H,6-10H2,1-5H3,(H,28,31,33). The number of urea groups is 1. The van der Waals surface area contributed by atoms with Crippen molar-refractivity contribution in [2.45, 2.75) is 78.2 Å². The number of hydrogen-bond donors (Lipinski definition) is 1. The van der Waals surface area contributed by atoms with Gasteiger partial charge in [0.05, 0.1) is 0 Å². The van der Waals surface area contributed by atoms with Crippen LogP contribution >= 0.6 is 0 Å². The van der Waals surface area contributed by atoms with Crippen molar-refractivity contribution in [2.75, 3.05) is 0 Å². The molecule has 2 fully saturated rings. The minimum Gasteiger partial charge on any atom is -0.318 e. The molecule has 33 heavy (non-hydrogen) atoms. The largest absolute Gasteiger partial charge is 0.331 e. The van der Waals surface area contributed by atoms with Crippen LogP contribution in [0.5, 0.6) is 0 Å². The summed E-state index contributed by atoms with van der Waals surface area (Å²) in [7, 11) is 0. The first kappa shape index (κ1) is 23.0. The molecule has 174 valence electrons. The van der Waals surface area contributed by atoms with Gasteiger partial charge >= 0.3 is 6.03 Å². The average Bonchev–Trinajstić information content (AvgIpc) is 3.04. The SMILES string of the molecule is Cc1cc(C=C2C(=O)NC(=O)N(C3CCCCC3)C2=O)c(C)n1-c1ccc(C(C)(C)C)cc1. The van der Waals surface area contributed by atoms with Gasteiger partial charge in [-0.25, -0.2) is 4.79 Å². The third-order valence-electron chi connectivity index (χ3n) is 6.83. The zero-order valence-electron chi connectivity index (χ0n) is 20.2. The molecule has 2 aliphatic rings. The predicted molar refractivity (Wildman–Crippen MR) is 129 cm³/mol. The fourth-order valence-corrected chi connectivity index (χ4v) is 4.94. The summed E-state index contributed by atoms with van der Waals surface area (Å²) in [4.78, 5) is 39.5. The van der Waals surface area contributed by atoms with Crippen LogP contribution in [0.15, 0.2) is 35.9 Å². The molecule has 1 saturated carbocycles. The van der Waals surface area contributed by atoms with Gasteiger partial charge in [-0.1, -0.05) is 52.2 Å². The molecule has 1 aromatic carbocycles. The van der Waals surface area contributed by atoms with E-state index in [-0.39, 0.29) is 17.0 Å². The minimum atomic E-state index is -0.628. The van der Waals surface area contributed by atoms with Crippen molar-refractivity contribution in [3.8, 4) is 5.69 Å². The molecule has 4 amide bonds. The van der Waals surface area contributed by atoms with E-state index in [1.807, 2.05) is 19.9 Å². The Morgan fingerprint density at radius 3 is 2.21 bits per heavy atom. The number of amides is 4. The van der Waals surface area contributed by atoms with E-state index < -0.39 is 17.8 Å². The Morgan fingerprint density at radius 2 is 1.61 bits per heavy atom. The van der Waals surface area contributed by atoms with Crippen LogP contribution in [0, 0.1) is 13.8 Å². The van der Waals surface area contributed by atoms with Crippen molar-refractivity contribution in [1.82, 2.24) is 14.8 Å². The summed E-state index contributed by atoms with van der Waals surface area (Å²) in [5, 5.41) is 2.37. The van der Waals surface area contributed by atoms with Crippen LogP contribution < -0.4 is 5.32 Å². The third kappa shape index (κ3) is 4.39. The van der Waals surface area contributed by atoms with Gasteiger partial charge in [0, 0.05) is 23.1 Å². The van der Waals surface area contributed by atoms with Crippen molar-refractivity contribution in [3.05, 3.63) is 58.4 Å². The molecular formula is C27H33N3O3. The molecule has 0 spiro atoms. The van der Waals surface area contributed by atoms with Gasteiger partial charge in [0.2, 0.25) is 0 Å². The van der Waals surface area contributed by atoms with Crippen LogP contribution in [0.4, 0.5) is 4.79 Å². The van der Waals surface area contributed by atoms with Crippen molar-refractivity contribution in [3.63, 3.8) is 0 Å². The maximum atomic E-state index is 13.2. The van der Waals surface area contributed by atoms with Crippen molar-refractivity contribution < 1.29 is 14.4 Å². The van der Waals surface area contributed by atoms with Crippen LogP contribution in [0.3, 0.4) is 0 Å². The van der Waals surface area contributed by atoms with Gasteiger partial charge < -0.3 is 4.57 Å². The Morgan fingerprint density at radius 1 is 0.970 bits per heavy atom. The predicted octanol–water partition coefficient (Wildman–Crippen LogP) is 5.19. The highest BCUT2D eigenvalue weighted by atomic mass is 16.2. The number of carbonyl (C=O) groups is 3. The van der Waals surface area contributed by atoms with E-state index in [4.69, 9.17) is 0 Å². The molecule has 6 nitrogen and oxygen atoms in total. The summed E-state index contributed by atoms with van der Waals surface area (Å²) >= 11 is 0. The molecule has 1 aromatic heterocycles. The molecule has 4 rings (SSSR count). The lowest BCUT2D eigenvalue weighted by atomic mass is 9.87. The summed E-state index contributed by atoms with van der Waals surface area (Å²) in [5.41, 5.74) is 5.11. The Bertz CT molecular complexity index is 1130. The van der Waals surface area contributed by atoms with Gasteiger partial charge in [0.15, 0.2) is 0 Å². The number of nitrogens with zero attached hydrogens (tertiary/aromatic N) is 2. The maximum Gasteiger partial charge on any atom is 0.331 e. The molecule has 2 heterocycles. The van der Waals surface area contributed by atoms with E-state index in [0.29, 0.717) is 0 Å². The van der Waals surface area contributed by atoms with Gasteiger partial charge in [0.25, 0.3) is 11.8 Å². The average molecular weight is 448 g/mol. The molecule has 0 atom stereocenters. The number of carbonyl (C=O) groups excluding carboxylic acids is 3. The Labute approximate surface area is 195 Å². The highest BCUT2D eigenvalue weighted by Crippen LogP contribution is 2.29. The first-order valence-corrected chi connectivity index (χ1v) is 11.8. The van der Waals surface area contributed by atoms with E-state index in [1.165, 1.54) is 10.5 Å². The minimum absolute atomic E-state index is 0.0171.